The summed E-state index contributed by atoms with van der Waals surface area (Å²) in [5.74, 6) is 1.22. The van der Waals surface area contributed by atoms with Crippen LogP contribution in [0.3, 0.4) is 0 Å². The highest BCUT2D eigenvalue weighted by Gasteiger charge is 2.29. The maximum atomic E-state index is 12.1. The molecule has 1 aliphatic rings. The van der Waals surface area contributed by atoms with Gasteiger partial charge in [0.2, 0.25) is 5.91 Å². The normalized spacial score (nSPS) is 16.3. The van der Waals surface area contributed by atoms with E-state index in [1.54, 1.807) is 18.4 Å². The first-order valence-corrected chi connectivity index (χ1v) is 11.4. The Morgan fingerprint density at radius 2 is 2.23 bits per heavy atom. The molecular formula is C22H20BrN5O2S. The zero-order chi connectivity index (χ0) is 21.7. The summed E-state index contributed by atoms with van der Waals surface area (Å²) in [5.41, 5.74) is 8.08. The van der Waals surface area contributed by atoms with Crippen LogP contribution in [-0.2, 0) is 4.79 Å². The molecule has 0 unspecified atom stereocenters. The number of ether oxygens (including phenoxy) is 1. The van der Waals surface area contributed by atoms with E-state index in [2.05, 4.69) is 55.4 Å². The molecule has 1 atom stereocenters. The first-order chi connectivity index (χ1) is 15.0. The monoisotopic (exact) mass is 497 g/mol. The number of rotatable bonds is 4. The molecule has 1 saturated heterocycles. The number of anilines is 1. The molecule has 5 rings (SSSR count). The van der Waals surface area contributed by atoms with Gasteiger partial charge in [-0.25, -0.2) is 9.97 Å². The summed E-state index contributed by atoms with van der Waals surface area (Å²) in [7, 11) is 1.68. The lowest BCUT2D eigenvalue weighted by Crippen LogP contribution is -2.27. The van der Waals surface area contributed by atoms with Crippen LogP contribution >= 0.6 is 27.3 Å². The first kappa shape index (κ1) is 20.0. The minimum absolute atomic E-state index is 0.0458. The Bertz CT molecular complexity index is 1340. The van der Waals surface area contributed by atoms with E-state index in [-0.39, 0.29) is 11.9 Å². The molecule has 31 heavy (non-hydrogen) atoms. The van der Waals surface area contributed by atoms with E-state index in [4.69, 9.17) is 10.5 Å². The smallest absolute Gasteiger partial charge is 0.246 e. The lowest BCUT2D eigenvalue weighted by molar-refractivity contribution is -0.125. The number of carbonyl (C=O) groups is 1. The number of amides is 1. The van der Waals surface area contributed by atoms with Crippen molar-refractivity contribution in [1.29, 1.82) is 0 Å². The zero-order valence-electron chi connectivity index (χ0n) is 16.8. The maximum Gasteiger partial charge on any atom is 0.246 e. The lowest BCUT2D eigenvalue weighted by atomic mass is 10.1. The lowest BCUT2D eigenvalue weighted by Gasteiger charge is -2.15. The van der Waals surface area contributed by atoms with E-state index < -0.39 is 0 Å². The number of nitrogen functional groups attached to an aromatic ring is 1. The van der Waals surface area contributed by atoms with Crippen LogP contribution in [0.1, 0.15) is 12.5 Å². The average Bonchev–Trinajstić information content (AvgIpc) is 3.48. The SMILES string of the molecule is C=CC(=O)N1CC[C@H](n2cc(-c3cc4cc(Br)cc(OC)c4s3)c3c(N)ncnc32)C1. The number of hydrogen-bond donors (Lipinski definition) is 1. The summed E-state index contributed by atoms with van der Waals surface area (Å²) in [6, 6.07) is 6.30. The quantitative estimate of drug-likeness (QED) is 0.415. The van der Waals surface area contributed by atoms with Crippen LogP contribution in [0.4, 0.5) is 5.82 Å². The number of nitrogens with zero attached hydrogens (tertiary/aromatic N) is 4. The van der Waals surface area contributed by atoms with Crippen LogP contribution < -0.4 is 10.5 Å². The van der Waals surface area contributed by atoms with Crippen molar-refractivity contribution in [1.82, 2.24) is 19.4 Å². The molecule has 2 N–H and O–H groups in total. The molecule has 1 aromatic carbocycles. The van der Waals surface area contributed by atoms with Crippen molar-refractivity contribution in [2.24, 2.45) is 0 Å². The number of nitrogens with two attached hydrogens (primary N) is 1. The Kier molecular flexibility index (Phi) is 4.94. The van der Waals surface area contributed by atoms with E-state index >= 15 is 0 Å². The molecule has 1 aliphatic heterocycles. The number of thiophene rings is 1. The van der Waals surface area contributed by atoms with Crippen LogP contribution in [0.5, 0.6) is 5.75 Å². The number of hydrogen-bond acceptors (Lipinski definition) is 6. The molecule has 1 fully saturated rings. The highest BCUT2D eigenvalue weighted by Crippen LogP contribution is 2.44. The van der Waals surface area contributed by atoms with Gasteiger partial charge in [0, 0.05) is 34.2 Å². The summed E-state index contributed by atoms with van der Waals surface area (Å²) in [5, 5.41) is 1.92. The van der Waals surface area contributed by atoms with Gasteiger partial charge in [0.25, 0.3) is 0 Å². The van der Waals surface area contributed by atoms with Crippen molar-refractivity contribution in [3.05, 3.63) is 47.9 Å². The van der Waals surface area contributed by atoms with Crippen molar-refractivity contribution in [3.63, 3.8) is 0 Å². The molecule has 7 nitrogen and oxygen atoms in total. The van der Waals surface area contributed by atoms with Gasteiger partial charge in [-0.1, -0.05) is 22.5 Å². The van der Waals surface area contributed by atoms with Crippen LogP contribution in [0, 0.1) is 0 Å². The molecule has 0 spiro atoms. The topological polar surface area (TPSA) is 86.3 Å². The average molecular weight is 498 g/mol. The fraction of sp³-hybridized carbons (Fsp3) is 0.227. The van der Waals surface area contributed by atoms with Crippen LogP contribution in [-0.4, -0.2) is 45.5 Å². The van der Waals surface area contributed by atoms with Gasteiger partial charge in [-0.2, -0.15) is 0 Å². The number of aromatic nitrogens is 3. The highest BCUT2D eigenvalue weighted by molar-refractivity contribution is 9.10. The third kappa shape index (κ3) is 3.28. The first-order valence-electron chi connectivity index (χ1n) is 9.80. The van der Waals surface area contributed by atoms with Gasteiger partial charge >= 0.3 is 0 Å². The number of likely N-dealkylation sites (tertiary alicyclic amines) is 1. The molecule has 0 radical (unpaired) electrons. The Balaban J connectivity index is 1.66. The van der Waals surface area contributed by atoms with Gasteiger partial charge in [0.15, 0.2) is 0 Å². The van der Waals surface area contributed by atoms with E-state index in [0.29, 0.717) is 18.9 Å². The number of carbonyl (C=O) groups excluding carboxylic acids is 1. The second-order valence-electron chi connectivity index (χ2n) is 7.48. The van der Waals surface area contributed by atoms with Crippen molar-refractivity contribution < 1.29 is 9.53 Å². The van der Waals surface area contributed by atoms with Gasteiger partial charge < -0.3 is 19.9 Å². The third-order valence-electron chi connectivity index (χ3n) is 5.71. The fourth-order valence-corrected chi connectivity index (χ4v) is 5.85. The largest absolute Gasteiger partial charge is 0.495 e. The molecule has 0 aliphatic carbocycles. The summed E-state index contributed by atoms with van der Waals surface area (Å²) >= 11 is 5.20. The minimum atomic E-state index is -0.0458. The van der Waals surface area contributed by atoms with E-state index in [1.807, 2.05) is 11.0 Å². The maximum absolute atomic E-state index is 12.1. The van der Waals surface area contributed by atoms with Crippen LogP contribution in [0.25, 0.3) is 31.6 Å². The van der Waals surface area contributed by atoms with E-state index in [9.17, 15) is 4.79 Å². The molecule has 1 amide bonds. The van der Waals surface area contributed by atoms with Crippen LogP contribution in [0.2, 0.25) is 0 Å². The molecular weight excluding hydrogens is 478 g/mol. The van der Waals surface area contributed by atoms with Gasteiger partial charge in [-0.3, -0.25) is 4.79 Å². The predicted molar refractivity (Wildman–Crippen MR) is 127 cm³/mol. The molecule has 3 aromatic heterocycles. The van der Waals surface area contributed by atoms with E-state index in [1.165, 1.54) is 12.4 Å². The predicted octanol–water partition coefficient (Wildman–Crippen LogP) is 4.63. The molecule has 158 valence electrons. The molecule has 4 heterocycles. The highest BCUT2D eigenvalue weighted by atomic mass is 79.9. The van der Waals surface area contributed by atoms with Gasteiger partial charge in [-0.15, -0.1) is 11.3 Å². The second kappa shape index (κ2) is 7.65. The Labute approximate surface area is 191 Å². The number of fused-ring (bicyclic) bond motifs is 2. The number of benzene rings is 1. The Morgan fingerprint density at radius 1 is 1.39 bits per heavy atom. The second-order valence-corrected chi connectivity index (χ2v) is 9.44. The van der Waals surface area contributed by atoms with Crippen molar-refractivity contribution in [3.8, 4) is 16.2 Å². The Morgan fingerprint density at radius 3 is 3.00 bits per heavy atom. The van der Waals surface area contributed by atoms with Gasteiger partial charge in [0.05, 0.1) is 23.2 Å². The molecule has 0 saturated carbocycles. The summed E-state index contributed by atoms with van der Waals surface area (Å²) in [6.45, 7) is 4.91. The van der Waals surface area contributed by atoms with Crippen molar-refractivity contribution in [2.45, 2.75) is 12.5 Å². The van der Waals surface area contributed by atoms with E-state index in [0.717, 1.165) is 48.2 Å². The third-order valence-corrected chi connectivity index (χ3v) is 7.37. The van der Waals surface area contributed by atoms with Crippen LogP contribution in [0.15, 0.2) is 47.9 Å². The molecule has 9 heteroatoms. The van der Waals surface area contributed by atoms with Gasteiger partial charge in [0.1, 0.15) is 23.5 Å². The fourth-order valence-electron chi connectivity index (χ4n) is 4.24. The van der Waals surface area contributed by atoms with Crippen molar-refractivity contribution in [2.75, 3.05) is 25.9 Å². The minimum Gasteiger partial charge on any atom is -0.495 e. The summed E-state index contributed by atoms with van der Waals surface area (Å²) in [4.78, 5) is 23.7. The number of halogens is 1. The summed E-state index contributed by atoms with van der Waals surface area (Å²) in [6.07, 6.45) is 5.80. The number of methoxy groups -OCH3 is 1. The van der Waals surface area contributed by atoms with Gasteiger partial charge in [-0.05, 0) is 36.1 Å². The standard InChI is InChI=1S/C22H20BrN5O2S/c1-3-18(29)27-5-4-14(9-27)28-10-15(19-21(24)25-11-26-22(19)28)17-7-12-6-13(23)8-16(30-2)20(12)31-17/h3,6-8,10-11,14H,1,4-5,9H2,2H3,(H2,24,25,26)/t14-/m0/s1. The molecule has 0 bridgehead atoms. The Hall–Kier alpha value is -2.91. The van der Waals surface area contributed by atoms with Crippen molar-refractivity contribution >= 4 is 60.1 Å². The summed E-state index contributed by atoms with van der Waals surface area (Å²) < 4.78 is 9.75. The molecule has 4 aromatic rings. The zero-order valence-corrected chi connectivity index (χ0v) is 19.2.